The molecule has 0 saturated carbocycles. The molecule has 0 heterocycles. The molecule has 0 aromatic rings. The van der Waals surface area contributed by atoms with Gasteiger partial charge in [0.25, 0.3) is 5.97 Å². The van der Waals surface area contributed by atoms with Crippen LogP contribution in [0.25, 0.3) is 0 Å². The maximum Gasteiger partial charge on any atom is 0.330 e. The number of ether oxygens (including phenoxy) is 3. The average molecular weight is 483 g/mol. The summed E-state index contributed by atoms with van der Waals surface area (Å²) in [5.74, 6) is -4.09. The lowest BCUT2D eigenvalue weighted by atomic mass is 10.4. The fourth-order valence-electron chi connectivity index (χ4n) is 1.03. The van der Waals surface area contributed by atoms with Gasteiger partial charge in [-0.3, -0.25) is 0 Å². The molecule has 0 saturated heterocycles. The zero-order valence-corrected chi connectivity index (χ0v) is 19.7. The molecule has 0 atom stereocenters. The predicted molar refractivity (Wildman–Crippen MR) is 119 cm³/mol. The Labute approximate surface area is 194 Å². The first-order chi connectivity index (χ1) is 15.2. The lowest BCUT2D eigenvalue weighted by molar-refractivity contribution is -0.385. The molecule has 0 amide bonds. The largest absolute Gasteiger partial charge is 0.478 e. The van der Waals surface area contributed by atoms with E-state index in [1.165, 1.54) is 20.8 Å². The van der Waals surface area contributed by atoms with Crippen molar-refractivity contribution in [2.45, 2.75) is 40.1 Å². The van der Waals surface area contributed by atoms with Gasteiger partial charge in [0.1, 0.15) is 0 Å². The van der Waals surface area contributed by atoms with Crippen molar-refractivity contribution in [1.82, 2.24) is 0 Å². The van der Waals surface area contributed by atoms with E-state index in [2.05, 4.69) is 19.7 Å². The van der Waals surface area contributed by atoms with E-state index in [0.717, 1.165) is 0 Å². The molecule has 0 aliphatic heterocycles. The van der Waals surface area contributed by atoms with Crippen molar-refractivity contribution in [3.8, 4) is 0 Å². The minimum atomic E-state index is -1.28. The molecule has 0 bridgehead atoms. The Bertz CT molecular complexity index is 483. The Morgan fingerprint density at radius 2 is 0.818 bits per heavy atom. The van der Waals surface area contributed by atoms with Crippen LogP contribution in [-0.2, 0) is 28.6 Å². The first kappa shape index (κ1) is 37.7. The van der Waals surface area contributed by atoms with Crippen molar-refractivity contribution < 1.29 is 59.2 Å². The van der Waals surface area contributed by atoms with Gasteiger partial charge in [-0.2, -0.15) is 0 Å². The number of rotatable bonds is 13. The molecule has 0 aliphatic carbocycles. The lowest BCUT2D eigenvalue weighted by Crippen LogP contribution is -2.41. The molecule has 33 heavy (non-hydrogen) atoms. The molecular formula is C21H38O12. The lowest BCUT2D eigenvalue weighted by Gasteiger charge is -2.31. The third kappa shape index (κ3) is 29.4. The number of carboxylic acid groups (broad SMARTS) is 3. The van der Waals surface area contributed by atoms with Crippen molar-refractivity contribution >= 4 is 17.9 Å². The Morgan fingerprint density at radius 1 is 0.636 bits per heavy atom. The Kier molecular flexibility index (Phi) is 27.5. The quantitative estimate of drug-likeness (QED) is 0.161. The third-order valence-electron chi connectivity index (χ3n) is 2.77. The van der Waals surface area contributed by atoms with Crippen LogP contribution in [0.15, 0.2) is 36.5 Å². The number of hydrogen-bond acceptors (Lipinski definition) is 9. The standard InChI is InChI=1S/C9H20O6.3C4H6O2/c1-2-9(13-6-3-10,14-7-4-11)15-8-5-12;3*1-3(2)4(5)6/h10-12H,2-8H2,1H3;3*1H2,2H3,(H,5,6). The van der Waals surface area contributed by atoms with Crippen LogP contribution in [0, 0.1) is 0 Å². The van der Waals surface area contributed by atoms with Crippen LogP contribution in [0.2, 0.25) is 0 Å². The van der Waals surface area contributed by atoms with E-state index in [0.29, 0.717) is 6.42 Å². The van der Waals surface area contributed by atoms with Gasteiger partial charge in [-0.1, -0.05) is 26.7 Å². The van der Waals surface area contributed by atoms with Gasteiger partial charge in [-0.05, 0) is 20.8 Å². The van der Waals surface area contributed by atoms with E-state index in [1.54, 1.807) is 6.92 Å². The van der Waals surface area contributed by atoms with Crippen molar-refractivity contribution in [1.29, 1.82) is 0 Å². The van der Waals surface area contributed by atoms with E-state index >= 15 is 0 Å². The van der Waals surface area contributed by atoms with Gasteiger partial charge in [0.05, 0.1) is 39.6 Å². The first-order valence-electron chi connectivity index (χ1n) is 9.58. The highest BCUT2D eigenvalue weighted by atomic mass is 16.9. The van der Waals surface area contributed by atoms with E-state index in [-0.39, 0.29) is 56.4 Å². The Hall–Kier alpha value is -2.61. The van der Waals surface area contributed by atoms with Crippen LogP contribution in [-0.4, -0.2) is 94.2 Å². The summed E-state index contributed by atoms with van der Waals surface area (Å²) in [5, 5.41) is 49.6. The third-order valence-corrected chi connectivity index (χ3v) is 2.77. The summed E-state index contributed by atoms with van der Waals surface area (Å²) >= 11 is 0. The summed E-state index contributed by atoms with van der Waals surface area (Å²) in [4.78, 5) is 28.8. The van der Waals surface area contributed by atoms with Crippen LogP contribution >= 0.6 is 0 Å². The van der Waals surface area contributed by atoms with Crippen LogP contribution < -0.4 is 0 Å². The number of hydrogen-bond donors (Lipinski definition) is 6. The summed E-state index contributed by atoms with van der Waals surface area (Å²) in [6, 6.07) is 0. The predicted octanol–water partition coefficient (Wildman–Crippen LogP) is 1.02. The van der Waals surface area contributed by atoms with Crippen LogP contribution in [0.5, 0.6) is 0 Å². The average Bonchev–Trinajstić information content (AvgIpc) is 2.74. The molecular weight excluding hydrogens is 444 g/mol. The molecule has 0 aromatic heterocycles. The van der Waals surface area contributed by atoms with Crippen LogP contribution in [0.3, 0.4) is 0 Å². The molecule has 6 N–H and O–H groups in total. The summed E-state index contributed by atoms with van der Waals surface area (Å²) in [6.07, 6.45) is 0.396. The minimum Gasteiger partial charge on any atom is -0.478 e. The SMILES string of the molecule is C=C(C)C(=O)O.C=C(C)C(=O)O.C=C(C)C(=O)O.CCC(OCCO)(OCCO)OCCO. The van der Waals surface area contributed by atoms with Crippen LogP contribution in [0.1, 0.15) is 34.1 Å². The fourth-order valence-corrected chi connectivity index (χ4v) is 1.03. The number of aliphatic hydroxyl groups excluding tert-OH is 3. The number of carboxylic acids is 3. The number of carbonyl (C=O) groups is 3. The molecule has 12 heteroatoms. The molecule has 0 radical (unpaired) electrons. The van der Waals surface area contributed by atoms with Gasteiger partial charge in [-0.25, -0.2) is 14.4 Å². The highest BCUT2D eigenvalue weighted by molar-refractivity contribution is 5.85. The molecule has 0 rings (SSSR count). The molecule has 12 nitrogen and oxygen atoms in total. The second-order valence-corrected chi connectivity index (χ2v) is 6.01. The maximum atomic E-state index is 9.60. The minimum absolute atomic E-state index is 0.0741. The maximum absolute atomic E-state index is 9.60. The van der Waals surface area contributed by atoms with Gasteiger partial charge in [0, 0.05) is 23.1 Å². The molecule has 0 unspecified atom stereocenters. The van der Waals surface area contributed by atoms with Gasteiger partial charge in [0.2, 0.25) is 0 Å². The van der Waals surface area contributed by atoms with E-state index in [4.69, 9.17) is 44.8 Å². The zero-order chi connectivity index (χ0) is 27.0. The van der Waals surface area contributed by atoms with Crippen molar-refractivity contribution in [3.05, 3.63) is 36.5 Å². The van der Waals surface area contributed by atoms with Gasteiger partial charge in [-0.15, -0.1) is 0 Å². The molecule has 0 fully saturated rings. The van der Waals surface area contributed by atoms with Crippen LogP contribution in [0.4, 0.5) is 0 Å². The summed E-state index contributed by atoms with van der Waals surface area (Å²) in [7, 11) is 0. The zero-order valence-electron chi connectivity index (χ0n) is 19.7. The summed E-state index contributed by atoms with van der Waals surface area (Å²) in [6.45, 7) is 15.4. The van der Waals surface area contributed by atoms with Crippen molar-refractivity contribution in [3.63, 3.8) is 0 Å². The van der Waals surface area contributed by atoms with Crippen molar-refractivity contribution in [2.24, 2.45) is 0 Å². The van der Waals surface area contributed by atoms with E-state index in [9.17, 15) is 14.4 Å². The molecule has 0 aliphatic rings. The highest BCUT2D eigenvalue weighted by Gasteiger charge is 2.31. The number of aliphatic carboxylic acids is 3. The summed E-state index contributed by atoms with van der Waals surface area (Å²) < 4.78 is 15.6. The normalized spacial score (nSPS) is 9.55. The molecule has 0 spiro atoms. The molecule has 194 valence electrons. The first-order valence-corrected chi connectivity index (χ1v) is 9.58. The second-order valence-electron chi connectivity index (χ2n) is 6.01. The number of aliphatic hydroxyl groups is 3. The topological polar surface area (TPSA) is 200 Å². The summed E-state index contributed by atoms with van der Waals surface area (Å²) in [5.41, 5.74) is 0.528. The fraction of sp³-hybridized carbons (Fsp3) is 0.571. The smallest absolute Gasteiger partial charge is 0.330 e. The van der Waals surface area contributed by atoms with Gasteiger partial charge >= 0.3 is 17.9 Å². The Balaban J connectivity index is -0.000000193. The van der Waals surface area contributed by atoms with E-state index < -0.39 is 23.9 Å². The Morgan fingerprint density at radius 3 is 0.909 bits per heavy atom. The molecule has 0 aromatic carbocycles. The van der Waals surface area contributed by atoms with E-state index in [1.807, 2.05) is 0 Å². The van der Waals surface area contributed by atoms with Crippen molar-refractivity contribution in [2.75, 3.05) is 39.6 Å². The second kappa shape index (κ2) is 24.0. The van der Waals surface area contributed by atoms with Gasteiger partial charge < -0.3 is 44.8 Å². The van der Waals surface area contributed by atoms with Gasteiger partial charge in [0.15, 0.2) is 0 Å². The highest BCUT2D eigenvalue weighted by Crippen LogP contribution is 2.19. The monoisotopic (exact) mass is 482 g/mol.